The third-order valence-corrected chi connectivity index (χ3v) is 8.90. The van der Waals surface area contributed by atoms with E-state index in [-0.39, 0.29) is 18.8 Å². The number of thiophene rings is 1. The highest BCUT2D eigenvalue weighted by Gasteiger charge is 2.35. The number of pyridine rings is 1. The van der Waals surface area contributed by atoms with Gasteiger partial charge in [0.2, 0.25) is 0 Å². The second-order valence-corrected chi connectivity index (χ2v) is 11.9. The van der Waals surface area contributed by atoms with E-state index in [0.29, 0.717) is 34.1 Å². The SMILES string of the molecule is CCOC(=O)C(=Cc1sc2cc3c(cc2c1Oc1ccc(OC)cc1)OC(c1ccccc1)C(c1ccccc1)O3)c1ccncc1. The molecule has 8 heteroatoms. The van der Waals surface area contributed by atoms with Gasteiger partial charge >= 0.3 is 5.97 Å². The molecule has 0 spiro atoms. The number of rotatable bonds is 9. The fourth-order valence-electron chi connectivity index (χ4n) is 5.55. The van der Waals surface area contributed by atoms with Crippen molar-refractivity contribution in [1.82, 2.24) is 4.98 Å². The maximum absolute atomic E-state index is 13.3. The Morgan fingerprint density at radius 2 is 1.40 bits per heavy atom. The van der Waals surface area contributed by atoms with Crippen molar-refractivity contribution in [2.24, 2.45) is 0 Å². The predicted octanol–water partition coefficient (Wildman–Crippen LogP) is 9.45. The highest BCUT2D eigenvalue weighted by Crippen LogP contribution is 2.51. The fourth-order valence-corrected chi connectivity index (χ4v) is 6.63. The standard InChI is InChI=1S/C39H31NO6S/c1-3-43-39(41)30(25-18-20-40-21-19-25)23-35-38(44-29-16-14-28(42-2)15-17-29)31-22-32-33(24-34(31)47-35)46-37(27-12-8-5-9-13-27)36(45-32)26-10-6-4-7-11-26/h4-24,36-37H,3H2,1-2H3. The Hall–Kier alpha value is -5.60. The van der Waals surface area contributed by atoms with E-state index in [0.717, 1.165) is 31.8 Å². The van der Waals surface area contributed by atoms with E-state index < -0.39 is 5.97 Å². The van der Waals surface area contributed by atoms with Crippen LogP contribution in [0.25, 0.3) is 21.7 Å². The molecule has 7 rings (SSSR count). The Morgan fingerprint density at radius 3 is 2.00 bits per heavy atom. The van der Waals surface area contributed by atoms with E-state index >= 15 is 0 Å². The summed E-state index contributed by atoms with van der Waals surface area (Å²) < 4.78 is 31.8. The van der Waals surface area contributed by atoms with Crippen molar-refractivity contribution in [2.75, 3.05) is 13.7 Å². The van der Waals surface area contributed by atoms with Crippen molar-refractivity contribution in [3.63, 3.8) is 0 Å². The number of hydrogen-bond acceptors (Lipinski definition) is 8. The lowest BCUT2D eigenvalue weighted by molar-refractivity contribution is -0.136. The van der Waals surface area contributed by atoms with Gasteiger partial charge in [0.25, 0.3) is 0 Å². The third-order valence-electron chi connectivity index (χ3n) is 7.81. The molecule has 3 heterocycles. The van der Waals surface area contributed by atoms with Gasteiger partial charge in [-0.15, -0.1) is 11.3 Å². The molecule has 0 bridgehead atoms. The number of nitrogens with zero attached hydrogens (tertiary/aromatic N) is 1. The average Bonchev–Trinajstić information content (AvgIpc) is 3.45. The zero-order valence-electron chi connectivity index (χ0n) is 25.8. The largest absolute Gasteiger partial charge is 0.497 e. The molecule has 0 N–H and O–H groups in total. The molecule has 234 valence electrons. The first-order valence-corrected chi connectivity index (χ1v) is 16.1. The van der Waals surface area contributed by atoms with Crippen molar-refractivity contribution in [3.8, 4) is 28.7 Å². The molecule has 2 atom stereocenters. The van der Waals surface area contributed by atoms with Gasteiger partial charge in [0.15, 0.2) is 29.5 Å². The van der Waals surface area contributed by atoms with Crippen molar-refractivity contribution in [2.45, 2.75) is 19.1 Å². The van der Waals surface area contributed by atoms with Crippen molar-refractivity contribution in [1.29, 1.82) is 0 Å². The Kier molecular flexibility index (Phi) is 8.58. The second-order valence-electron chi connectivity index (χ2n) is 10.8. The number of methoxy groups -OCH3 is 1. The number of hydrogen-bond donors (Lipinski definition) is 0. The number of benzene rings is 4. The molecule has 7 nitrogen and oxygen atoms in total. The fraction of sp³-hybridized carbons (Fsp3) is 0.128. The highest BCUT2D eigenvalue weighted by molar-refractivity contribution is 7.20. The lowest BCUT2D eigenvalue weighted by atomic mass is 9.96. The molecule has 0 aliphatic carbocycles. The van der Waals surface area contributed by atoms with Crippen molar-refractivity contribution < 1.29 is 28.5 Å². The molecule has 2 unspecified atom stereocenters. The van der Waals surface area contributed by atoms with Gasteiger partial charge in [0.1, 0.15) is 11.5 Å². The Morgan fingerprint density at radius 1 is 0.809 bits per heavy atom. The molecule has 0 saturated carbocycles. The van der Waals surface area contributed by atoms with Gasteiger partial charge in [0.05, 0.1) is 24.2 Å². The van der Waals surface area contributed by atoms with Crippen LogP contribution in [0.4, 0.5) is 0 Å². The van der Waals surface area contributed by atoms with Crippen LogP contribution < -0.4 is 18.9 Å². The van der Waals surface area contributed by atoms with Crippen LogP contribution in [0, 0.1) is 0 Å². The lowest BCUT2D eigenvalue weighted by Crippen LogP contribution is -2.26. The van der Waals surface area contributed by atoms with Crippen LogP contribution in [0.2, 0.25) is 0 Å². The molecular weight excluding hydrogens is 610 g/mol. The third kappa shape index (κ3) is 6.28. The zero-order valence-corrected chi connectivity index (χ0v) is 26.6. The van der Waals surface area contributed by atoms with E-state index in [1.807, 2.05) is 78.9 Å². The molecule has 47 heavy (non-hydrogen) atoms. The normalized spacial score (nSPS) is 15.7. The maximum atomic E-state index is 13.3. The van der Waals surface area contributed by atoms with Crippen LogP contribution in [-0.2, 0) is 9.53 Å². The zero-order chi connectivity index (χ0) is 32.2. The number of aromatic nitrogens is 1. The van der Waals surface area contributed by atoms with Crippen molar-refractivity contribution in [3.05, 3.63) is 143 Å². The van der Waals surface area contributed by atoms with E-state index in [1.165, 1.54) is 11.3 Å². The van der Waals surface area contributed by atoms with Crippen LogP contribution in [0.15, 0.2) is 122 Å². The minimum Gasteiger partial charge on any atom is -0.497 e. The summed E-state index contributed by atoms with van der Waals surface area (Å²) in [7, 11) is 1.62. The summed E-state index contributed by atoms with van der Waals surface area (Å²) in [6.45, 7) is 2.03. The topological polar surface area (TPSA) is 76.1 Å². The highest BCUT2D eigenvalue weighted by atomic mass is 32.1. The Balaban J connectivity index is 1.38. The van der Waals surface area contributed by atoms with Gasteiger partial charge in [-0.2, -0.15) is 0 Å². The molecule has 0 saturated heterocycles. The monoisotopic (exact) mass is 641 g/mol. The van der Waals surface area contributed by atoms with Crippen LogP contribution in [0.5, 0.6) is 28.7 Å². The molecule has 0 amide bonds. The minimum atomic E-state index is -0.436. The summed E-state index contributed by atoms with van der Waals surface area (Å²) in [5, 5.41) is 0.822. The van der Waals surface area contributed by atoms with Crippen LogP contribution in [-0.4, -0.2) is 24.7 Å². The molecule has 1 aliphatic heterocycles. The summed E-state index contributed by atoms with van der Waals surface area (Å²) in [5.74, 6) is 2.71. The van der Waals surface area contributed by atoms with Gasteiger partial charge in [-0.05, 0) is 72.2 Å². The first-order chi connectivity index (χ1) is 23.1. The second kappa shape index (κ2) is 13.4. The van der Waals surface area contributed by atoms with Crippen LogP contribution >= 0.6 is 11.3 Å². The van der Waals surface area contributed by atoms with Crippen LogP contribution in [0.3, 0.4) is 0 Å². The lowest BCUT2D eigenvalue weighted by Gasteiger charge is -2.34. The number of carbonyl (C=O) groups is 1. The molecule has 1 aliphatic rings. The number of fused-ring (bicyclic) bond motifs is 2. The van der Waals surface area contributed by atoms with E-state index in [4.69, 9.17) is 23.7 Å². The average molecular weight is 642 g/mol. The first kappa shape index (κ1) is 30.1. The van der Waals surface area contributed by atoms with Crippen LogP contribution in [0.1, 0.15) is 40.7 Å². The maximum Gasteiger partial charge on any atom is 0.338 e. The molecule has 0 fully saturated rings. The van der Waals surface area contributed by atoms with Gasteiger partial charge in [-0.25, -0.2) is 4.79 Å². The van der Waals surface area contributed by atoms with Crippen molar-refractivity contribution >= 4 is 39.0 Å². The number of esters is 1. The molecular formula is C39H31NO6S. The predicted molar refractivity (Wildman–Crippen MR) is 183 cm³/mol. The number of ether oxygens (including phenoxy) is 5. The Bertz CT molecular complexity index is 2030. The van der Waals surface area contributed by atoms with Gasteiger partial charge < -0.3 is 23.7 Å². The quantitative estimate of drug-likeness (QED) is 0.115. The van der Waals surface area contributed by atoms with Gasteiger partial charge in [-0.3, -0.25) is 4.98 Å². The summed E-state index contributed by atoms with van der Waals surface area (Å²) in [6, 6.07) is 35.1. The van der Waals surface area contributed by atoms with Gasteiger partial charge in [-0.1, -0.05) is 60.7 Å². The minimum absolute atomic E-state index is 0.245. The van der Waals surface area contributed by atoms with Gasteiger partial charge in [0, 0.05) is 28.5 Å². The Labute approximate surface area is 276 Å². The summed E-state index contributed by atoms with van der Waals surface area (Å²) in [5.41, 5.74) is 3.11. The van der Waals surface area contributed by atoms with E-state index in [9.17, 15) is 4.79 Å². The molecule has 2 aromatic heterocycles. The number of carbonyl (C=O) groups excluding carboxylic acids is 1. The van der Waals surface area contributed by atoms with E-state index in [2.05, 4.69) is 29.2 Å². The summed E-state index contributed by atoms with van der Waals surface area (Å²) in [4.78, 5) is 18.1. The van der Waals surface area contributed by atoms with E-state index in [1.54, 1.807) is 38.6 Å². The molecule has 6 aromatic rings. The molecule has 0 radical (unpaired) electrons. The summed E-state index contributed by atoms with van der Waals surface area (Å²) in [6.07, 6.45) is 4.38. The first-order valence-electron chi connectivity index (χ1n) is 15.3. The smallest absolute Gasteiger partial charge is 0.338 e. The summed E-state index contributed by atoms with van der Waals surface area (Å²) >= 11 is 1.49. The molecule has 4 aromatic carbocycles.